The standard InChI is InChI=1S/C16H16BrN3O4S/c17-11-3-5-13(6-4-11)25(23,24)19-12-9-14(16(21)22)15(18-10-12)20-7-1-2-8-20/h3-6,9-10,19H,1-2,7-8H2,(H,21,22). The van der Waals surface area contributed by atoms with Crippen LogP contribution in [0.3, 0.4) is 0 Å². The van der Waals surface area contributed by atoms with E-state index in [2.05, 4.69) is 25.6 Å². The van der Waals surface area contributed by atoms with Crippen LogP contribution < -0.4 is 9.62 Å². The second kappa shape index (κ2) is 7.01. The number of rotatable bonds is 5. The Morgan fingerprint density at radius 2 is 1.84 bits per heavy atom. The monoisotopic (exact) mass is 425 g/mol. The molecule has 0 bridgehead atoms. The number of pyridine rings is 1. The van der Waals surface area contributed by atoms with Gasteiger partial charge < -0.3 is 10.0 Å². The Morgan fingerprint density at radius 3 is 2.44 bits per heavy atom. The van der Waals surface area contributed by atoms with Gasteiger partial charge in [-0.2, -0.15) is 0 Å². The van der Waals surface area contributed by atoms with Crippen molar-refractivity contribution in [2.24, 2.45) is 0 Å². The highest BCUT2D eigenvalue weighted by Gasteiger charge is 2.22. The van der Waals surface area contributed by atoms with Gasteiger partial charge >= 0.3 is 5.97 Å². The van der Waals surface area contributed by atoms with Gasteiger partial charge in [-0.05, 0) is 43.2 Å². The molecule has 0 amide bonds. The first kappa shape index (κ1) is 17.7. The molecule has 0 saturated carbocycles. The third-order valence-corrected chi connectivity index (χ3v) is 5.80. The lowest BCUT2D eigenvalue weighted by atomic mass is 10.2. The summed E-state index contributed by atoms with van der Waals surface area (Å²) >= 11 is 3.25. The fourth-order valence-corrected chi connectivity index (χ4v) is 3.98. The van der Waals surface area contributed by atoms with Crippen molar-refractivity contribution < 1.29 is 18.3 Å². The third-order valence-electron chi connectivity index (χ3n) is 3.88. The van der Waals surface area contributed by atoms with E-state index in [1.54, 1.807) is 12.1 Å². The maximum Gasteiger partial charge on any atom is 0.339 e. The van der Waals surface area contributed by atoms with E-state index < -0.39 is 16.0 Å². The summed E-state index contributed by atoms with van der Waals surface area (Å²) in [4.78, 5) is 17.7. The van der Waals surface area contributed by atoms with Crippen LogP contribution >= 0.6 is 15.9 Å². The number of hydrogen-bond donors (Lipinski definition) is 2. The second-order valence-corrected chi connectivity index (χ2v) is 8.25. The van der Waals surface area contributed by atoms with E-state index in [9.17, 15) is 18.3 Å². The predicted molar refractivity (Wildman–Crippen MR) is 97.6 cm³/mol. The topological polar surface area (TPSA) is 99.6 Å². The van der Waals surface area contributed by atoms with Crippen molar-refractivity contribution in [3.63, 3.8) is 0 Å². The van der Waals surface area contributed by atoms with Gasteiger partial charge in [0.2, 0.25) is 0 Å². The molecule has 7 nitrogen and oxygen atoms in total. The van der Waals surface area contributed by atoms with Crippen LogP contribution in [0.15, 0.2) is 45.9 Å². The molecule has 1 saturated heterocycles. The summed E-state index contributed by atoms with van der Waals surface area (Å²) in [5, 5.41) is 9.45. The van der Waals surface area contributed by atoms with Crippen LogP contribution in [0.25, 0.3) is 0 Å². The van der Waals surface area contributed by atoms with Gasteiger partial charge in [-0.25, -0.2) is 18.2 Å². The number of nitrogens with one attached hydrogen (secondary N) is 1. The van der Waals surface area contributed by atoms with E-state index >= 15 is 0 Å². The Bertz CT molecular complexity index is 894. The summed E-state index contributed by atoms with van der Waals surface area (Å²) in [6, 6.07) is 7.45. The second-order valence-electron chi connectivity index (χ2n) is 5.65. The molecule has 1 aliphatic rings. The van der Waals surface area contributed by atoms with E-state index in [-0.39, 0.29) is 16.1 Å². The number of aromatic nitrogens is 1. The van der Waals surface area contributed by atoms with E-state index in [1.807, 2.05) is 4.90 Å². The minimum atomic E-state index is -3.82. The number of aromatic carboxylic acids is 1. The number of anilines is 2. The Balaban J connectivity index is 1.91. The number of carboxylic acids is 1. The van der Waals surface area contributed by atoms with Gasteiger partial charge in [0.15, 0.2) is 0 Å². The molecule has 25 heavy (non-hydrogen) atoms. The lowest BCUT2D eigenvalue weighted by molar-refractivity contribution is 0.0697. The summed E-state index contributed by atoms with van der Waals surface area (Å²) in [5.41, 5.74) is 0.0983. The van der Waals surface area contributed by atoms with Crippen molar-refractivity contribution in [2.75, 3.05) is 22.7 Å². The van der Waals surface area contributed by atoms with Gasteiger partial charge in [0.1, 0.15) is 11.4 Å². The molecule has 0 atom stereocenters. The molecule has 0 radical (unpaired) electrons. The van der Waals surface area contributed by atoms with E-state index in [0.29, 0.717) is 5.82 Å². The zero-order valence-corrected chi connectivity index (χ0v) is 15.5. The van der Waals surface area contributed by atoms with Crippen molar-refractivity contribution in [1.82, 2.24) is 4.98 Å². The van der Waals surface area contributed by atoms with Crippen molar-refractivity contribution in [3.05, 3.63) is 46.6 Å². The number of carboxylic acid groups (broad SMARTS) is 1. The highest BCUT2D eigenvalue weighted by Crippen LogP contribution is 2.26. The Hall–Kier alpha value is -2.13. The van der Waals surface area contributed by atoms with E-state index in [1.165, 1.54) is 24.4 Å². The van der Waals surface area contributed by atoms with Crippen LogP contribution in [0.1, 0.15) is 23.2 Å². The number of benzene rings is 1. The molecule has 9 heteroatoms. The van der Waals surface area contributed by atoms with E-state index in [0.717, 1.165) is 30.4 Å². The molecule has 132 valence electrons. The fraction of sp³-hybridized carbons (Fsp3) is 0.250. The van der Waals surface area contributed by atoms with Crippen molar-refractivity contribution in [1.29, 1.82) is 0 Å². The van der Waals surface area contributed by atoms with Crippen molar-refractivity contribution in [3.8, 4) is 0 Å². The average molecular weight is 426 g/mol. The lowest BCUT2D eigenvalue weighted by Gasteiger charge is -2.19. The van der Waals surface area contributed by atoms with Crippen LogP contribution in [0, 0.1) is 0 Å². The van der Waals surface area contributed by atoms with Crippen LogP contribution in [0.5, 0.6) is 0 Å². The van der Waals surface area contributed by atoms with Gasteiger partial charge in [-0.15, -0.1) is 0 Å². The smallest absolute Gasteiger partial charge is 0.339 e. The number of halogens is 1. The highest BCUT2D eigenvalue weighted by molar-refractivity contribution is 9.10. The first-order chi connectivity index (χ1) is 11.9. The maximum atomic E-state index is 12.4. The molecule has 2 heterocycles. The van der Waals surface area contributed by atoms with Gasteiger partial charge in [-0.3, -0.25) is 4.72 Å². The molecule has 0 aliphatic carbocycles. The first-order valence-corrected chi connectivity index (χ1v) is 9.91. The van der Waals surface area contributed by atoms with Gasteiger partial charge in [-0.1, -0.05) is 15.9 Å². The lowest BCUT2D eigenvalue weighted by Crippen LogP contribution is -2.22. The summed E-state index contributed by atoms with van der Waals surface area (Å²) in [7, 11) is -3.82. The first-order valence-electron chi connectivity index (χ1n) is 7.63. The predicted octanol–water partition coefficient (Wildman–Crippen LogP) is 2.94. The fourth-order valence-electron chi connectivity index (χ4n) is 2.68. The molecular weight excluding hydrogens is 410 g/mol. The molecule has 0 spiro atoms. The number of carbonyl (C=O) groups is 1. The minimum absolute atomic E-state index is 0.0158. The normalized spacial score (nSPS) is 14.5. The highest BCUT2D eigenvalue weighted by atomic mass is 79.9. The van der Waals surface area contributed by atoms with E-state index in [4.69, 9.17) is 0 Å². The number of hydrogen-bond acceptors (Lipinski definition) is 5. The largest absolute Gasteiger partial charge is 0.478 e. The molecule has 0 unspecified atom stereocenters. The summed E-state index contributed by atoms with van der Waals surface area (Å²) in [6.45, 7) is 1.49. The molecule has 1 aliphatic heterocycles. The zero-order valence-electron chi connectivity index (χ0n) is 13.1. The average Bonchev–Trinajstić information content (AvgIpc) is 3.09. The molecule has 2 aromatic rings. The molecule has 1 aromatic heterocycles. The summed E-state index contributed by atoms with van der Waals surface area (Å²) in [6.07, 6.45) is 3.31. The van der Waals surface area contributed by atoms with Crippen LogP contribution in [-0.4, -0.2) is 37.6 Å². The quantitative estimate of drug-likeness (QED) is 0.763. The Morgan fingerprint density at radius 1 is 1.20 bits per heavy atom. The molecule has 1 aromatic carbocycles. The number of nitrogens with zero attached hydrogens (tertiary/aromatic N) is 2. The third kappa shape index (κ3) is 3.93. The van der Waals surface area contributed by atoms with Crippen LogP contribution in [0.4, 0.5) is 11.5 Å². The number of sulfonamides is 1. The van der Waals surface area contributed by atoms with Crippen molar-refractivity contribution >= 4 is 43.4 Å². The van der Waals surface area contributed by atoms with Gasteiger partial charge in [0, 0.05) is 17.6 Å². The molecule has 2 N–H and O–H groups in total. The van der Waals surface area contributed by atoms with Gasteiger partial charge in [0.05, 0.1) is 16.8 Å². The molecular formula is C16H16BrN3O4S. The van der Waals surface area contributed by atoms with Gasteiger partial charge in [0.25, 0.3) is 10.0 Å². The zero-order chi connectivity index (χ0) is 18.0. The summed E-state index contributed by atoms with van der Waals surface area (Å²) < 4.78 is 28.0. The molecule has 3 rings (SSSR count). The molecule has 1 fully saturated rings. The van der Waals surface area contributed by atoms with Crippen LogP contribution in [-0.2, 0) is 10.0 Å². The van der Waals surface area contributed by atoms with Crippen molar-refractivity contribution in [2.45, 2.75) is 17.7 Å². The SMILES string of the molecule is O=C(O)c1cc(NS(=O)(=O)c2ccc(Br)cc2)cnc1N1CCCC1. The Labute approximate surface area is 153 Å². The minimum Gasteiger partial charge on any atom is -0.478 e. The van der Waals surface area contributed by atoms with Crippen LogP contribution in [0.2, 0.25) is 0 Å². The maximum absolute atomic E-state index is 12.4. The summed E-state index contributed by atoms with van der Waals surface area (Å²) in [5.74, 6) is -0.768. The Kier molecular flexibility index (Phi) is 4.96.